The number of nitrogens with zero attached hydrogens (tertiary/aromatic N) is 2. The first-order valence-corrected chi connectivity index (χ1v) is 6.36. The summed E-state index contributed by atoms with van der Waals surface area (Å²) < 4.78 is 5.61. The maximum absolute atomic E-state index is 11.4. The minimum absolute atomic E-state index is 0.0495. The van der Waals surface area contributed by atoms with Crippen molar-refractivity contribution in [3.05, 3.63) is 54.5 Å². The van der Waals surface area contributed by atoms with E-state index < -0.39 is 10.5 Å². The highest BCUT2D eigenvalue weighted by atomic mass is 79.9. The molecule has 0 saturated heterocycles. The summed E-state index contributed by atoms with van der Waals surface area (Å²) in [5.74, 6) is 0.330. The number of benzene rings is 1. The lowest BCUT2D eigenvalue weighted by Crippen LogP contribution is -2.08. The quantitative estimate of drug-likeness (QED) is 0.684. The van der Waals surface area contributed by atoms with E-state index in [-0.39, 0.29) is 21.8 Å². The summed E-state index contributed by atoms with van der Waals surface area (Å²) in [5.41, 5.74) is 0.806. The van der Waals surface area contributed by atoms with Gasteiger partial charge in [-0.05, 0) is 41.4 Å². The van der Waals surface area contributed by atoms with Crippen molar-refractivity contribution in [1.82, 2.24) is 9.97 Å². The maximum atomic E-state index is 11.4. The van der Waals surface area contributed by atoms with E-state index in [1.165, 1.54) is 12.4 Å². The molecule has 0 radical (unpaired) electrons. The second kappa shape index (κ2) is 5.41. The number of aryl methyl sites for hydroxylation is 2. The first kappa shape index (κ1) is 14.2. The summed E-state index contributed by atoms with van der Waals surface area (Å²) in [6, 6.07) is 2.97. The highest BCUT2D eigenvalue weighted by Crippen LogP contribution is 2.32. The number of hydrogen-bond acceptors (Lipinski definition) is 5. The van der Waals surface area contributed by atoms with Crippen molar-refractivity contribution in [3.63, 3.8) is 0 Å². The van der Waals surface area contributed by atoms with Crippen LogP contribution in [0.3, 0.4) is 0 Å². The van der Waals surface area contributed by atoms with E-state index in [1.54, 1.807) is 19.9 Å². The fourth-order valence-corrected chi connectivity index (χ4v) is 1.97. The Bertz CT molecular complexity index is 742. The Morgan fingerprint density at radius 3 is 2.70 bits per heavy atom. The van der Waals surface area contributed by atoms with E-state index in [2.05, 4.69) is 25.9 Å². The molecule has 104 valence electrons. The molecule has 0 spiro atoms. The first-order chi connectivity index (χ1) is 9.40. The van der Waals surface area contributed by atoms with Crippen LogP contribution in [0.5, 0.6) is 11.6 Å². The van der Waals surface area contributed by atoms with Gasteiger partial charge in [-0.15, -0.1) is 0 Å². The third kappa shape index (κ3) is 2.69. The molecule has 0 aliphatic carbocycles. The zero-order chi connectivity index (χ0) is 14.9. The standard InChI is InChI=1S/C12H10BrN3O4/c1-6-3-7(2)9(4-8(6)16(18)19)20-12-10(13)11(17)14-5-15-12/h3-5H,1-2H3,(H,14,15,17). The van der Waals surface area contributed by atoms with Crippen LogP contribution in [0.4, 0.5) is 5.69 Å². The smallest absolute Gasteiger partial charge is 0.276 e. The van der Waals surface area contributed by atoms with Crippen molar-refractivity contribution in [3.8, 4) is 11.6 Å². The van der Waals surface area contributed by atoms with Gasteiger partial charge in [0, 0.05) is 5.56 Å². The number of rotatable bonds is 3. The van der Waals surface area contributed by atoms with Crippen LogP contribution in [-0.4, -0.2) is 14.9 Å². The number of H-pyrrole nitrogens is 1. The monoisotopic (exact) mass is 339 g/mol. The van der Waals surface area contributed by atoms with Crippen LogP contribution in [0.25, 0.3) is 0 Å². The number of nitro groups is 1. The number of ether oxygens (including phenoxy) is 1. The Kier molecular flexibility index (Phi) is 3.84. The van der Waals surface area contributed by atoms with Crippen LogP contribution >= 0.6 is 15.9 Å². The lowest BCUT2D eigenvalue weighted by molar-refractivity contribution is -0.385. The molecule has 8 heteroatoms. The third-order valence-corrected chi connectivity index (χ3v) is 3.36. The fourth-order valence-electron chi connectivity index (χ4n) is 1.67. The maximum Gasteiger partial charge on any atom is 0.276 e. The second-order valence-corrected chi connectivity index (χ2v) is 4.91. The molecule has 1 N–H and O–H groups in total. The van der Waals surface area contributed by atoms with Crippen molar-refractivity contribution in [2.24, 2.45) is 0 Å². The summed E-state index contributed by atoms with van der Waals surface area (Å²) in [4.78, 5) is 28.1. The van der Waals surface area contributed by atoms with Crippen LogP contribution in [0, 0.1) is 24.0 Å². The average molecular weight is 340 g/mol. The van der Waals surface area contributed by atoms with E-state index >= 15 is 0 Å². The summed E-state index contributed by atoms with van der Waals surface area (Å²) in [6.07, 6.45) is 1.19. The molecule has 0 unspecified atom stereocenters. The summed E-state index contributed by atoms with van der Waals surface area (Å²) in [6.45, 7) is 3.41. The molecule has 2 rings (SSSR count). The van der Waals surface area contributed by atoms with Gasteiger partial charge >= 0.3 is 0 Å². The Morgan fingerprint density at radius 2 is 2.05 bits per heavy atom. The molecule has 0 amide bonds. The van der Waals surface area contributed by atoms with E-state index in [4.69, 9.17) is 4.74 Å². The predicted molar refractivity (Wildman–Crippen MR) is 75.2 cm³/mol. The molecule has 20 heavy (non-hydrogen) atoms. The van der Waals surface area contributed by atoms with Gasteiger partial charge in [0.25, 0.3) is 11.2 Å². The van der Waals surface area contributed by atoms with Gasteiger partial charge in [-0.3, -0.25) is 14.9 Å². The Morgan fingerprint density at radius 1 is 1.35 bits per heavy atom. The summed E-state index contributed by atoms with van der Waals surface area (Å²) in [7, 11) is 0. The number of aromatic amines is 1. The van der Waals surface area contributed by atoms with Gasteiger partial charge in [0.2, 0.25) is 5.88 Å². The van der Waals surface area contributed by atoms with Crippen molar-refractivity contribution >= 4 is 21.6 Å². The third-order valence-electron chi connectivity index (χ3n) is 2.66. The largest absolute Gasteiger partial charge is 0.437 e. The van der Waals surface area contributed by atoms with Crippen LogP contribution in [0.1, 0.15) is 11.1 Å². The molecule has 0 aliphatic rings. The highest BCUT2D eigenvalue weighted by Gasteiger charge is 2.16. The van der Waals surface area contributed by atoms with Crippen molar-refractivity contribution in [1.29, 1.82) is 0 Å². The Labute approximate surface area is 121 Å². The van der Waals surface area contributed by atoms with Crippen molar-refractivity contribution in [2.45, 2.75) is 13.8 Å². The molecule has 0 saturated carbocycles. The van der Waals surface area contributed by atoms with Crippen molar-refractivity contribution < 1.29 is 9.66 Å². The van der Waals surface area contributed by atoms with Gasteiger partial charge in [0.05, 0.1) is 17.3 Å². The van der Waals surface area contributed by atoms with E-state index in [9.17, 15) is 14.9 Å². The Balaban J connectivity index is 2.48. The van der Waals surface area contributed by atoms with Gasteiger partial charge in [0.1, 0.15) is 10.2 Å². The van der Waals surface area contributed by atoms with E-state index in [1.807, 2.05) is 0 Å². The number of aromatic nitrogens is 2. The molecule has 1 aromatic heterocycles. The number of hydrogen-bond donors (Lipinski definition) is 1. The molecule has 7 nitrogen and oxygen atoms in total. The van der Waals surface area contributed by atoms with Crippen molar-refractivity contribution in [2.75, 3.05) is 0 Å². The van der Waals surface area contributed by atoms with Gasteiger partial charge in [-0.1, -0.05) is 0 Å². The summed E-state index contributed by atoms with van der Waals surface area (Å²) in [5, 5.41) is 10.9. The van der Waals surface area contributed by atoms with Crippen LogP contribution in [0.15, 0.2) is 27.7 Å². The summed E-state index contributed by atoms with van der Waals surface area (Å²) >= 11 is 3.06. The first-order valence-electron chi connectivity index (χ1n) is 5.57. The Hall–Kier alpha value is -2.22. The van der Waals surface area contributed by atoms with Gasteiger partial charge < -0.3 is 9.72 Å². The molecule has 2 aromatic rings. The number of nitrogens with one attached hydrogen (secondary N) is 1. The molecule has 0 bridgehead atoms. The lowest BCUT2D eigenvalue weighted by atomic mass is 10.1. The normalized spacial score (nSPS) is 10.3. The molecular weight excluding hydrogens is 330 g/mol. The molecule has 1 heterocycles. The average Bonchev–Trinajstić information content (AvgIpc) is 2.37. The second-order valence-electron chi connectivity index (χ2n) is 4.11. The van der Waals surface area contributed by atoms with Crippen LogP contribution in [0.2, 0.25) is 0 Å². The molecule has 1 aromatic carbocycles. The topological polar surface area (TPSA) is 98.1 Å². The molecular formula is C12H10BrN3O4. The van der Waals surface area contributed by atoms with Gasteiger partial charge in [-0.25, -0.2) is 4.98 Å². The van der Waals surface area contributed by atoms with Crippen LogP contribution in [-0.2, 0) is 0 Å². The van der Waals surface area contributed by atoms with Gasteiger partial charge in [0.15, 0.2) is 0 Å². The van der Waals surface area contributed by atoms with E-state index in [0.717, 1.165) is 0 Å². The number of halogens is 1. The number of nitro benzene ring substituents is 1. The zero-order valence-electron chi connectivity index (χ0n) is 10.6. The molecule has 0 aliphatic heterocycles. The van der Waals surface area contributed by atoms with E-state index in [0.29, 0.717) is 11.1 Å². The minimum atomic E-state index is -0.484. The SMILES string of the molecule is Cc1cc(C)c([N+](=O)[O-])cc1Oc1nc[nH]c(=O)c1Br. The van der Waals surface area contributed by atoms with Crippen LogP contribution < -0.4 is 10.3 Å². The predicted octanol–water partition coefficient (Wildman–Crippen LogP) is 2.85. The molecule has 0 atom stereocenters. The zero-order valence-corrected chi connectivity index (χ0v) is 12.2. The lowest BCUT2D eigenvalue weighted by Gasteiger charge is -2.09. The highest BCUT2D eigenvalue weighted by molar-refractivity contribution is 9.10. The minimum Gasteiger partial charge on any atom is -0.437 e. The molecule has 0 fully saturated rings. The fraction of sp³-hybridized carbons (Fsp3) is 0.167. The van der Waals surface area contributed by atoms with Gasteiger partial charge in [-0.2, -0.15) is 0 Å².